The molecule has 3 aliphatic heterocycles. The summed E-state index contributed by atoms with van der Waals surface area (Å²) >= 11 is 0. The number of hydrogen-bond donors (Lipinski definition) is 1. The molecule has 0 aromatic heterocycles. The van der Waals surface area contributed by atoms with E-state index < -0.39 is 11.6 Å². The molecule has 6 nitrogen and oxygen atoms in total. The number of hydrogen-bond acceptors (Lipinski definition) is 4. The predicted octanol–water partition coefficient (Wildman–Crippen LogP) is 3.86. The van der Waals surface area contributed by atoms with Crippen LogP contribution in [0.25, 0.3) is 0 Å². The van der Waals surface area contributed by atoms with Gasteiger partial charge in [0, 0.05) is 28.8 Å². The van der Waals surface area contributed by atoms with Crippen molar-refractivity contribution in [1.29, 1.82) is 0 Å². The Morgan fingerprint density at radius 1 is 1.17 bits per heavy atom. The largest absolute Gasteiger partial charge is 0.324 e. The van der Waals surface area contributed by atoms with Gasteiger partial charge in [-0.25, -0.2) is 0 Å². The summed E-state index contributed by atoms with van der Waals surface area (Å²) in [5, 5.41) is 15.4. The van der Waals surface area contributed by atoms with E-state index in [2.05, 4.69) is 36.2 Å². The highest BCUT2D eigenvalue weighted by atomic mass is 16.6. The van der Waals surface area contributed by atoms with Crippen LogP contribution in [-0.4, -0.2) is 34.4 Å². The van der Waals surface area contributed by atoms with E-state index >= 15 is 0 Å². The van der Waals surface area contributed by atoms with Crippen LogP contribution in [0, 0.1) is 10.1 Å². The first kappa shape index (κ1) is 18.3. The highest BCUT2D eigenvalue weighted by Crippen LogP contribution is 2.57. The second kappa shape index (κ2) is 6.39. The predicted molar refractivity (Wildman–Crippen MR) is 111 cm³/mol. The first-order chi connectivity index (χ1) is 14.0. The second-order valence-electron chi connectivity index (χ2n) is 8.75. The summed E-state index contributed by atoms with van der Waals surface area (Å²) in [5.74, 6) is -0.167. The highest BCUT2D eigenvalue weighted by molar-refractivity contribution is 6.07. The van der Waals surface area contributed by atoms with Gasteiger partial charge in [-0.2, -0.15) is 0 Å². The molecule has 2 aromatic rings. The zero-order valence-electron chi connectivity index (χ0n) is 16.7. The third-order valence-corrected chi connectivity index (χ3v) is 7.08. The molecular weight excluding hydrogens is 366 g/mol. The van der Waals surface area contributed by atoms with Crippen molar-refractivity contribution in [3.8, 4) is 0 Å². The van der Waals surface area contributed by atoms with Gasteiger partial charge in [-0.05, 0) is 36.0 Å². The topological polar surface area (TPSA) is 75.5 Å². The van der Waals surface area contributed by atoms with Crippen LogP contribution in [0.2, 0.25) is 0 Å². The van der Waals surface area contributed by atoms with Gasteiger partial charge >= 0.3 is 0 Å². The average Bonchev–Trinajstić information content (AvgIpc) is 3.35. The van der Waals surface area contributed by atoms with Gasteiger partial charge in [0.1, 0.15) is 0 Å². The Balaban J connectivity index is 1.70. The van der Waals surface area contributed by atoms with Crippen LogP contribution in [0.1, 0.15) is 55.2 Å². The number of anilines is 1. The van der Waals surface area contributed by atoms with Crippen LogP contribution < -0.4 is 5.32 Å². The molecular formula is C23H25N3O3. The first-order valence-electron chi connectivity index (χ1n) is 10.4. The molecule has 2 aromatic carbocycles. The summed E-state index contributed by atoms with van der Waals surface area (Å²) in [7, 11) is 0. The maximum absolute atomic E-state index is 13.4. The SMILES string of the molecule is CC(C)c1ccc([C@H]2[C@H]([N+](=O)[O-])[C@]3(C(=O)Nc4ccccc43)N3CCC[C@@H]23)cc1. The van der Waals surface area contributed by atoms with Gasteiger partial charge in [0.25, 0.3) is 11.9 Å². The van der Waals surface area contributed by atoms with Crippen LogP contribution in [0.15, 0.2) is 48.5 Å². The number of carbonyl (C=O) groups is 1. The van der Waals surface area contributed by atoms with Crippen molar-refractivity contribution in [2.45, 2.75) is 56.1 Å². The van der Waals surface area contributed by atoms with Gasteiger partial charge in [0.2, 0.25) is 0 Å². The van der Waals surface area contributed by atoms with E-state index in [4.69, 9.17) is 0 Å². The lowest BCUT2D eigenvalue weighted by Gasteiger charge is -2.32. The molecule has 1 spiro atoms. The minimum atomic E-state index is -1.23. The van der Waals surface area contributed by atoms with Gasteiger partial charge < -0.3 is 5.32 Å². The van der Waals surface area contributed by atoms with E-state index in [1.54, 1.807) is 0 Å². The van der Waals surface area contributed by atoms with E-state index in [1.165, 1.54) is 5.56 Å². The maximum Gasteiger partial charge on any atom is 0.256 e. The summed E-state index contributed by atoms with van der Waals surface area (Å²) in [6.07, 6.45) is 1.82. The van der Waals surface area contributed by atoms with E-state index in [9.17, 15) is 14.9 Å². The van der Waals surface area contributed by atoms with Gasteiger partial charge in [-0.15, -0.1) is 0 Å². The molecule has 2 fully saturated rings. The molecule has 1 N–H and O–H groups in total. The van der Waals surface area contributed by atoms with Crippen molar-refractivity contribution < 1.29 is 9.72 Å². The molecule has 3 aliphatic rings. The maximum atomic E-state index is 13.4. The highest BCUT2D eigenvalue weighted by Gasteiger charge is 2.73. The fraction of sp³-hybridized carbons (Fsp3) is 0.435. The molecule has 1 amide bonds. The van der Waals surface area contributed by atoms with Crippen molar-refractivity contribution in [2.24, 2.45) is 0 Å². The summed E-state index contributed by atoms with van der Waals surface area (Å²) in [4.78, 5) is 27.8. The van der Waals surface area contributed by atoms with Gasteiger partial charge in [-0.3, -0.25) is 19.8 Å². The molecule has 0 saturated carbocycles. The Morgan fingerprint density at radius 3 is 2.59 bits per heavy atom. The van der Waals surface area contributed by atoms with E-state index in [0.29, 0.717) is 18.2 Å². The molecule has 29 heavy (non-hydrogen) atoms. The van der Waals surface area contributed by atoms with Crippen LogP contribution >= 0.6 is 0 Å². The number of nitrogens with one attached hydrogen (secondary N) is 1. The zero-order valence-corrected chi connectivity index (χ0v) is 16.7. The summed E-state index contributed by atoms with van der Waals surface area (Å²) in [6.45, 7) is 4.98. The first-order valence-corrected chi connectivity index (χ1v) is 10.4. The lowest BCUT2D eigenvalue weighted by atomic mass is 9.77. The Bertz CT molecular complexity index is 987. The molecule has 150 valence electrons. The minimum Gasteiger partial charge on any atom is -0.324 e. The fourth-order valence-corrected chi connectivity index (χ4v) is 5.88. The number of carbonyl (C=O) groups excluding carboxylic acids is 1. The molecule has 0 radical (unpaired) electrons. The number of para-hydroxylation sites is 1. The van der Waals surface area contributed by atoms with Gasteiger partial charge in [0.05, 0.1) is 5.92 Å². The molecule has 3 heterocycles. The Morgan fingerprint density at radius 2 is 1.90 bits per heavy atom. The third kappa shape index (κ3) is 2.35. The molecule has 4 atom stereocenters. The molecule has 2 saturated heterocycles. The quantitative estimate of drug-likeness (QED) is 0.637. The number of amides is 1. The molecule has 6 heteroatoms. The second-order valence-corrected chi connectivity index (χ2v) is 8.75. The molecule has 0 aliphatic carbocycles. The fourth-order valence-electron chi connectivity index (χ4n) is 5.88. The number of fused-ring (bicyclic) bond motifs is 4. The number of benzene rings is 2. The van der Waals surface area contributed by atoms with E-state index in [1.807, 2.05) is 36.4 Å². The Labute approximate surface area is 170 Å². The van der Waals surface area contributed by atoms with Crippen molar-refractivity contribution in [1.82, 2.24) is 4.90 Å². The van der Waals surface area contributed by atoms with Crippen molar-refractivity contribution in [3.05, 3.63) is 75.3 Å². The number of nitrogens with zero attached hydrogens (tertiary/aromatic N) is 2. The standard InChI is InChI=1S/C23H25N3O3/c1-14(2)15-9-11-16(12-10-15)20-19-8-5-13-25(19)23(21(20)26(28)29)17-6-3-4-7-18(17)24-22(23)27/h3-4,6-7,9-12,14,19-21H,5,8,13H2,1-2H3,(H,24,27)/t19-,20+,21-,23+/m0/s1. The average molecular weight is 391 g/mol. The van der Waals surface area contributed by atoms with E-state index in [0.717, 1.165) is 24.0 Å². The van der Waals surface area contributed by atoms with Gasteiger partial charge in [-0.1, -0.05) is 56.3 Å². The zero-order chi connectivity index (χ0) is 20.3. The lowest BCUT2D eigenvalue weighted by molar-refractivity contribution is -0.534. The van der Waals surface area contributed by atoms with Crippen molar-refractivity contribution in [3.63, 3.8) is 0 Å². The Hall–Kier alpha value is -2.73. The third-order valence-electron chi connectivity index (χ3n) is 7.08. The van der Waals surface area contributed by atoms with Crippen LogP contribution in [0.4, 0.5) is 5.69 Å². The van der Waals surface area contributed by atoms with Crippen LogP contribution in [0.5, 0.6) is 0 Å². The van der Waals surface area contributed by atoms with Gasteiger partial charge in [0.15, 0.2) is 5.54 Å². The van der Waals surface area contributed by atoms with Crippen molar-refractivity contribution >= 4 is 11.6 Å². The smallest absolute Gasteiger partial charge is 0.256 e. The van der Waals surface area contributed by atoms with Crippen LogP contribution in [0.3, 0.4) is 0 Å². The van der Waals surface area contributed by atoms with E-state index in [-0.39, 0.29) is 22.8 Å². The number of nitro groups is 1. The summed E-state index contributed by atoms with van der Waals surface area (Å²) < 4.78 is 0. The summed E-state index contributed by atoms with van der Waals surface area (Å²) in [6, 6.07) is 14.6. The monoisotopic (exact) mass is 391 g/mol. The van der Waals surface area contributed by atoms with Crippen molar-refractivity contribution in [2.75, 3.05) is 11.9 Å². The molecule has 5 rings (SSSR count). The molecule has 0 unspecified atom stereocenters. The lowest BCUT2D eigenvalue weighted by Crippen LogP contribution is -2.55. The number of rotatable bonds is 3. The normalized spacial score (nSPS) is 30.6. The Kier molecular flexibility index (Phi) is 4.03. The van der Waals surface area contributed by atoms with Crippen LogP contribution in [-0.2, 0) is 10.3 Å². The summed E-state index contributed by atoms with van der Waals surface area (Å²) in [5.41, 5.74) is 2.39. The minimum absolute atomic E-state index is 0.00722. The molecule has 0 bridgehead atoms.